The zero-order valence-electron chi connectivity index (χ0n) is 17.1. The second-order valence-corrected chi connectivity index (χ2v) is 7.47. The van der Waals surface area contributed by atoms with Gasteiger partial charge in [0.1, 0.15) is 11.6 Å². The molecule has 1 fully saturated rings. The van der Waals surface area contributed by atoms with Crippen molar-refractivity contribution in [2.75, 3.05) is 27.2 Å². The number of hydrogen-bond acceptors (Lipinski definition) is 3. The van der Waals surface area contributed by atoms with Gasteiger partial charge in [0.2, 0.25) is 5.91 Å². The molecular formula is C23H27FN2O3. The van der Waals surface area contributed by atoms with Crippen molar-refractivity contribution in [1.29, 1.82) is 0 Å². The Bertz CT molecular complexity index is 843. The van der Waals surface area contributed by atoms with Gasteiger partial charge < -0.3 is 14.5 Å². The number of carbonyl (C=O) groups is 2. The van der Waals surface area contributed by atoms with Crippen molar-refractivity contribution in [2.24, 2.45) is 5.92 Å². The van der Waals surface area contributed by atoms with Crippen LogP contribution in [0, 0.1) is 11.7 Å². The molecular weight excluding hydrogens is 371 g/mol. The fourth-order valence-electron chi connectivity index (χ4n) is 3.69. The van der Waals surface area contributed by atoms with Gasteiger partial charge in [-0.1, -0.05) is 12.1 Å². The molecule has 1 unspecified atom stereocenters. The Hall–Kier alpha value is -2.89. The van der Waals surface area contributed by atoms with E-state index in [0.29, 0.717) is 31.5 Å². The van der Waals surface area contributed by atoms with E-state index in [0.717, 1.165) is 11.3 Å². The van der Waals surface area contributed by atoms with E-state index in [2.05, 4.69) is 0 Å². The Morgan fingerprint density at radius 1 is 1.07 bits per heavy atom. The van der Waals surface area contributed by atoms with Gasteiger partial charge in [-0.25, -0.2) is 4.39 Å². The van der Waals surface area contributed by atoms with Crippen LogP contribution in [0.25, 0.3) is 0 Å². The van der Waals surface area contributed by atoms with E-state index in [4.69, 9.17) is 4.74 Å². The van der Waals surface area contributed by atoms with Crippen molar-refractivity contribution in [3.8, 4) is 5.75 Å². The van der Waals surface area contributed by atoms with Crippen molar-refractivity contribution < 1.29 is 18.7 Å². The lowest BCUT2D eigenvalue weighted by Crippen LogP contribution is -2.44. The molecule has 2 aromatic rings. The highest BCUT2D eigenvalue weighted by atomic mass is 19.1. The Balaban J connectivity index is 1.57. The van der Waals surface area contributed by atoms with Crippen molar-refractivity contribution in [2.45, 2.75) is 25.8 Å². The van der Waals surface area contributed by atoms with E-state index < -0.39 is 0 Å². The highest BCUT2D eigenvalue weighted by molar-refractivity contribution is 5.94. The largest absolute Gasteiger partial charge is 0.497 e. The summed E-state index contributed by atoms with van der Waals surface area (Å²) in [5.74, 6) is 0.309. The number of halogens is 1. The predicted octanol–water partition coefficient (Wildman–Crippen LogP) is 3.91. The van der Waals surface area contributed by atoms with Gasteiger partial charge in [-0.3, -0.25) is 9.59 Å². The molecule has 0 aliphatic carbocycles. The van der Waals surface area contributed by atoms with Gasteiger partial charge in [0.15, 0.2) is 0 Å². The van der Waals surface area contributed by atoms with Crippen LogP contribution in [0.2, 0.25) is 0 Å². The molecule has 2 amide bonds. The van der Waals surface area contributed by atoms with Gasteiger partial charge in [0.25, 0.3) is 5.91 Å². The van der Waals surface area contributed by atoms with E-state index in [-0.39, 0.29) is 29.6 Å². The van der Waals surface area contributed by atoms with Crippen LogP contribution >= 0.6 is 0 Å². The molecule has 0 spiro atoms. The van der Waals surface area contributed by atoms with Gasteiger partial charge in [0, 0.05) is 31.6 Å². The lowest BCUT2D eigenvalue weighted by Gasteiger charge is -2.35. The predicted molar refractivity (Wildman–Crippen MR) is 109 cm³/mol. The molecule has 29 heavy (non-hydrogen) atoms. The van der Waals surface area contributed by atoms with E-state index >= 15 is 0 Å². The molecule has 0 saturated carbocycles. The van der Waals surface area contributed by atoms with Crippen LogP contribution in [-0.2, 0) is 4.79 Å². The quantitative estimate of drug-likeness (QED) is 0.767. The Kier molecular flexibility index (Phi) is 6.52. The maximum atomic E-state index is 13.1. The van der Waals surface area contributed by atoms with E-state index in [9.17, 15) is 14.0 Å². The third-order valence-corrected chi connectivity index (χ3v) is 5.75. The first-order valence-electron chi connectivity index (χ1n) is 9.86. The summed E-state index contributed by atoms with van der Waals surface area (Å²) in [4.78, 5) is 29.1. The monoisotopic (exact) mass is 398 g/mol. The van der Waals surface area contributed by atoms with Gasteiger partial charge >= 0.3 is 0 Å². The molecule has 1 atom stereocenters. The van der Waals surface area contributed by atoms with Crippen molar-refractivity contribution >= 4 is 11.8 Å². The summed E-state index contributed by atoms with van der Waals surface area (Å²) >= 11 is 0. The fraction of sp³-hybridized carbons (Fsp3) is 0.391. The van der Waals surface area contributed by atoms with E-state index in [1.165, 1.54) is 24.3 Å². The molecule has 0 aromatic heterocycles. The molecule has 0 N–H and O–H groups in total. The van der Waals surface area contributed by atoms with Gasteiger partial charge in [-0.15, -0.1) is 0 Å². The van der Waals surface area contributed by atoms with Crippen LogP contribution < -0.4 is 4.74 Å². The molecule has 3 rings (SSSR count). The molecule has 2 aromatic carbocycles. The molecule has 1 aliphatic rings. The Labute approximate surface area is 171 Å². The lowest BCUT2D eigenvalue weighted by molar-refractivity contribution is -0.137. The molecule has 5 nitrogen and oxygen atoms in total. The number of amides is 2. The third-order valence-electron chi connectivity index (χ3n) is 5.75. The third kappa shape index (κ3) is 4.75. The first kappa shape index (κ1) is 20.8. The molecule has 6 heteroatoms. The molecule has 0 bridgehead atoms. The average molecular weight is 398 g/mol. The summed E-state index contributed by atoms with van der Waals surface area (Å²) in [6.45, 7) is 3.06. The zero-order chi connectivity index (χ0) is 21.0. The molecule has 0 radical (unpaired) electrons. The average Bonchev–Trinajstić information content (AvgIpc) is 2.77. The highest BCUT2D eigenvalue weighted by Crippen LogP contribution is 2.27. The number of rotatable bonds is 5. The molecule has 1 heterocycles. The number of piperidine rings is 1. The van der Waals surface area contributed by atoms with Crippen LogP contribution in [0.4, 0.5) is 4.39 Å². The van der Waals surface area contributed by atoms with E-state index in [1.54, 1.807) is 16.9 Å². The van der Waals surface area contributed by atoms with Crippen molar-refractivity contribution in [3.63, 3.8) is 0 Å². The minimum atomic E-state index is -0.361. The zero-order valence-corrected chi connectivity index (χ0v) is 17.1. The first-order chi connectivity index (χ1) is 13.9. The number of hydrogen-bond donors (Lipinski definition) is 0. The molecule has 154 valence electrons. The number of carbonyl (C=O) groups excluding carboxylic acids is 2. The van der Waals surface area contributed by atoms with E-state index in [1.807, 2.05) is 38.2 Å². The summed E-state index contributed by atoms with van der Waals surface area (Å²) in [6.07, 6.45) is 1.26. The molecule has 1 aliphatic heterocycles. The van der Waals surface area contributed by atoms with Gasteiger partial charge in [0.05, 0.1) is 13.2 Å². The highest BCUT2D eigenvalue weighted by Gasteiger charge is 2.31. The normalized spacial score (nSPS) is 15.7. The number of benzene rings is 2. The summed E-state index contributed by atoms with van der Waals surface area (Å²) < 4.78 is 18.2. The Morgan fingerprint density at radius 3 is 2.21 bits per heavy atom. The van der Waals surface area contributed by atoms with Crippen LogP contribution in [-0.4, -0.2) is 48.9 Å². The summed E-state index contributed by atoms with van der Waals surface area (Å²) in [5.41, 5.74) is 1.52. The number of methoxy groups -OCH3 is 1. The van der Waals surface area contributed by atoms with Gasteiger partial charge in [-0.05, 0) is 61.7 Å². The number of likely N-dealkylation sites (tertiary alicyclic amines) is 1. The van der Waals surface area contributed by atoms with Crippen LogP contribution in [0.1, 0.15) is 41.7 Å². The fourth-order valence-corrected chi connectivity index (χ4v) is 3.69. The minimum absolute atomic E-state index is 0.0488. The summed E-state index contributed by atoms with van der Waals surface area (Å²) in [5, 5.41) is 0. The number of ether oxygens (including phenoxy) is 1. The maximum Gasteiger partial charge on any atom is 0.253 e. The van der Waals surface area contributed by atoms with Crippen LogP contribution in [0.5, 0.6) is 5.75 Å². The molecule has 1 saturated heterocycles. The lowest BCUT2D eigenvalue weighted by atomic mass is 9.94. The van der Waals surface area contributed by atoms with Crippen molar-refractivity contribution in [3.05, 3.63) is 65.5 Å². The second kappa shape index (κ2) is 9.07. The smallest absolute Gasteiger partial charge is 0.253 e. The SMILES string of the molecule is COc1ccc(C(C)N(C)C(=O)C2CCN(C(=O)c3ccc(F)cc3)CC2)cc1. The second-order valence-electron chi connectivity index (χ2n) is 7.47. The number of nitrogens with zero attached hydrogens (tertiary/aromatic N) is 2. The standard InChI is InChI=1S/C23H27FN2O3/c1-16(17-6-10-21(29-3)11-7-17)25(2)22(27)19-12-14-26(15-13-19)23(28)18-4-8-20(24)9-5-18/h4-11,16,19H,12-15H2,1-3H3. The topological polar surface area (TPSA) is 49.9 Å². The first-order valence-corrected chi connectivity index (χ1v) is 9.86. The Morgan fingerprint density at radius 2 is 1.66 bits per heavy atom. The van der Waals surface area contributed by atoms with Crippen LogP contribution in [0.15, 0.2) is 48.5 Å². The summed E-state index contributed by atoms with van der Waals surface area (Å²) in [6, 6.07) is 13.3. The van der Waals surface area contributed by atoms with Crippen LogP contribution in [0.3, 0.4) is 0 Å². The van der Waals surface area contributed by atoms with Crippen molar-refractivity contribution in [1.82, 2.24) is 9.80 Å². The maximum absolute atomic E-state index is 13.1. The summed E-state index contributed by atoms with van der Waals surface area (Å²) in [7, 11) is 3.45. The van der Waals surface area contributed by atoms with Gasteiger partial charge in [-0.2, -0.15) is 0 Å². The minimum Gasteiger partial charge on any atom is -0.497 e.